The molecular weight excluding hydrogens is 281 g/mol. The van der Waals surface area contributed by atoms with Crippen molar-refractivity contribution in [3.8, 4) is 11.5 Å². The van der Waals surface area contributed by atoms with Crippen LogP contribution in [0.5, 0.6) is 11.5 Å². The number of carbonyl (C=O) groups is 1. The average Bonchev–Trinajstić information content (AvgIpc) is 2.55. The number of rotatable bonds is 5. The van der Waals surface area contributed by atoms with E-state index in [-0.39, 0.29) is 5.82 Å². The fourth-order valence-corrected chi connectivity index (χ4v) is 1.96. The second-order valence-corrected chi connectivity index (χ2v) is 4.65. The summed E-state index contributed by atoms with van der Waals surface area (Å²) in [6.07, 6.45) is 2.40. The summed E-state index contributed by atoms with van der Waals surface area (Å²) in [5.74, 6) is 0.858. The van der Waals surface area contributed by atoms with Crippen molar-refractivity contribution in [3.05, 3.63) is 66.0 Å². The Kier molecular flexibility index (Phi) is 5.20. The van der Waals surface area contributed by atoms with Crippen molar-refractivity contribution in [3.63, 3.8) is 0 Å². The van der Waals surface area contributed by atoms with Crippen LogP contribution in [0.25, 0.3) is 5.57 Å². The quantitative estimate of drug-likeness (QED) is 0.610. The van der Waals surface area contributed by atoms with Crippen LogP contribution < -0.4 is 4.74 Å². The van der Waals surface area contributed by atoms with E-state index in [1.807, 2.05) is 31.2 Å². The predicted molar refractivity (Wildman–Crippen MR) is 86.0 cm³/mol. The van der Waals surface area contributed by atoms with Gasteiger partial charge in [0.25, 0.3) is 0 Å². The molecule has 0 aliphatic rings. The molecule has 0 aromatic heterocycles. The normalized spacial score (nSPS) is 12.1. The molecule has 0 aliphatic carbocycles. The molecule has 0 radical (unpaired) electrons. The Hall–Kier alpha value is -2.75. The first-order valence-electron chi connectivity index (χ1n) is 6.77. The number of para-hydroxylation sites is 1. The van der Waals surface area contributed by atoms with Gasteiger partial charge in [-0.1, -0.05) is 18.2 Å². The summed E-state index contributed by atoms with van der Waals surface area (Å²) in [5, 5.41) is 0. The van der Waals surface area contributed by atoms with E-state index >= 15 is 0 Å². The standard InChI is InChI=1S/C18H16FNO2/c1-13(11-15(12-21)20-2)17-5-3-4-6-18(17)22-16-9-7-14(19)8-10-16/h3-12H,1-2H3/b13-11+,20-15+. The molecule has 3 nitrogen and oxygen atoms in total. The molecule has 0 unspecified atom stereocenters. The molecule has 0 saturated carbocycles. The topological polar surface area (TPSA) is 38.7 Å². The molecule has 0 N–H and O–H groups in total. The molecule has 2 aromatic rings. The van der Waals surface area contributed by atoms with Crippen molar-refractivity contribution in [2.45, 2.75) is 6.92 Å². The number of halogens is 1. The predicted octanol–water partition coefficient (Wildman–Crippen LogP) is 4.29. The maximum absolute atomic E-state index is 12.9. The Bertz CT molecular complexity index is 718. The summed E-state index contributed by atoms with van der Waals surface area (Å²) in [4.78, 5) is 14.8. The molecule has 0 heterocycles. The molecule has 0 aliphatic heterocycles. The lowest BCUT2D eigenvalue weighted by molar-refractivity contribution is -0.102. The summed E-state index contributed by atoms with van der Waals surface area (Å²) < 4.78 is 18.7. The molecule has 0 fully saturated rings. The highest BCUT2D eigenvalue weighted by atomic mass is 19.1. The first-order chi connectivity index (χ1) is 10.6. The average molecular weight is 297 g/mol. The van der Waals surface area contributed by atoms with Gasteiger partial charge in [-0.3, -0.25) is 9.79 Å². The maximum atomic E-state index is 12.9. The van der Waals surface area contributed by atoms with Crippen molar-refractivity contribution >= 4 is 17.6 Å². The Labute approximate surface area is 128 Å². The highest BCUT2D eigenvalue weighted by Gasteiger charge is 2.07. The van der Waals surface area contributed by atoms with E-state index in [2.05, 4.69) is 4.99 Å². The third kappa shape index (κ3) is 3.88. The van der Waals surface area contributed by atoms with E-state index in [1.54, 1.807) is 25.3 Å². The number of hydrogen-bond acceptors (Lipinski definition) is 3. The summed E-state index contributed by atoms with van der Waals surface area (Å²) >= 11 is 0. The number of allylic oxidation sites excluding steroid dienone is 2. The van der Waals surface area contributed by atoms with Gasteiger partial charge in [-0.15, -0.1) is 0 Å². The highest BCUT2D eigenvalue weighted by molar-refractivity contribution is 6.35. The summed E-state index contributed by atoms with van der Waals surface area (Å²) in [5.41, 5.74) is 2.05. The van der Waals surface area contributed by atoms with Crippen molar-refractivity contribution in [2.24, 2.45) is 4.99 Å². The van der Waals surface area contributed by atoms with Gasteiger partial charge < -0.3 is 4.74 Å². The van der Waals surface area contributed by atoms with Crippen LogP contribution in [0.2, 0.25) is 0 Å². The SMILES string of the molecule is C/N=C(C=O)\C=C(/C)c1ccccc1Oc1ccc(F)cc1. The Morgan fingerprint density at radius 2 is 1.82 bits per heavy atom. The number of hydrogen-bond donors (Lipinski definition) is 0. The molecule has 0 bridgehead atoms. The Balaban J connectivity index is 2.34. The molecule has 112 valence electrons. The molecule has 2 aromatic carbocycles. The van der Waals surface area contributed by atoms with Gasteiger partial charge in [-0.2, -0.15) is 0 Å². The third-order valence-electron chi connectivity index (χ3n) is 3.10. The molecule has 0 spiro atoms. The second kappa shape index (κ2) is 7.31. The van der Waals surface area contributed by atoms with E-state index < -0.39 is 0 Å². The number of nitrogens with zero attached hydrogens (tertiary/aromatic N) is 1. The fourth-order valence-electron chi connectivity index (χ4n) is 1.96. The van der Waals surface area contributed by atoms with E-state index in [0.29, 0.717) is 23.5 Å². The number of carbonyl (C=O) groups excluding carboxylic acids is 1. The van der Waals surface area contributed by atoms with Crippen LogP contribution in [0, 0.1) is 5.82 Å². The largest absolute Gasteiger partial charge is 0.457 e. The van der Waals surface area contributed by atoms with Gasteiger partial charge in [-0.05, 0) is 48.9 Å². The van der Waals surface area contributed by atoms with Crippen LogP contribution in [-0.2, 0) is 4.79 Å². The zero-order chi connectivity index (χ0) is 15.9. The number of aliphatic imine (C=N–C) groups is 1. The molecule has 0 atom stereocenters. The minimum atomic E-state index is -0.313. The zero-order valence-corrected chi connectivity index (χ0v) is 12.4. The highest BCUT2D eigenvalue weighted by Crippen LogP contribution is 2.30. The van der Waals surface area contributed by atoms with Crippen molar-refractivity contribution < 1.29 is 13.9 Å². The minimum absolute atomic E-state index is 0.313. The van der Waals surface area contributed by atoms with Crippen LogP contribution >= 0.6 is 0 Å². The first kappa shape index (κ1) is 15.6. The monoisotopic (exact) mass is 297 g/mol. The number of ether oxygens (including phenoxy) is 1. The smallest absolute Gasteiger partial charge is 0.167 e. The summed E-state index contributed by atoms with van der Waals surface area (Å²) in [6.45, 7) is 1.88. The van der Waals surface area contributed by atoms with E-state index in [1.165, 1.54) is 12.1 Å². The van der Waals surface area contributed by atoms with Crippen molar-refractivity contribution in [1.82, 2.24) is 0 Å². The first-order valence-corrected chi connectivity index (χ1v) is 6.77. The minimum Gasteiger partial charge on any atom is -0.457 e. The summed E-state index contributed by atoms with van der Waals surface area (Å²) in [6, 6.07) is 13.3. The molecule has 4 heteroatoms. The van der Waals surface area contributed by atoms with Gasteiger partial charge in [0.1, 0.15) is 17.3 Å². The van der Waals surface area contributed by atoms with Gasteiger partial charge in [0.05, 0.1) is 5.71 Å². The molecule has 2 rings (SSSR count). The lowest BCUT2D eigenvalue weighted by atomic mass is 10.0. The molecule has 0 amide bonds. The van der Waals surface area contributed by atoms with Gasteiger partial charge in [0.2, 0.25) is 0 Å². The van der Waals surface area contributed by atoms with E-state index in [0.717, 1.165) is 11.1 Å². The fraction of sp³-hybridized carbons (Fsp3) is 0.111. The van der Waals surface area contributed by atoms with Crippen LogP contribution in [0.1, 0.15) is 12.5 Å². The Morgan fingerprint density at radius 3 is 2.45 bits per heavy atom. The second-order valence-electron chi connectivity index (χ2n) is 4.65. The van der Waals surface area contributed by atoms with Crippen molar-refractivity contribution in [1.29, 1.82) is 0 Å². The molecular formula is C18H16FNO2. The number of benzene rings is 2. The lowest BCUT2D eigenvalue weighted by Gasteiger charge is -2.11. The Morgan fingerprint density at radius 1 is 1.14 bits per heavy atom. The molecule has 0 saturated heterocycles. The van der Waals surface area contributed by atoms with Crippen LogP contribution in [0.15, 0.2) is 59.6 Å². The van der Waals surface area contributed by atoms with Gasteiger partial charge >= 0.3 is 0 Å². The van der Waals surface area contributed by atoms with E-state index in [9.17, 15) is 9.18 Å². The van der Waals surface area contributed by atoms with Gasteiger partial charge in [0, 0.05) is 12.6 Å². The maximum Gasteiger partial charge on any atom is 0.167 e. The van der Waals surface area contributed by atoms with Crippen molar-refractivity contribution in [2.75, 3.05) is 7.05 Å². The molecule has 22 heavy (non-hydrogen) atoms. The van der Waals surface area contributed by atoms with Crippen LogP contribution in [0.4, 0.5) is 4.39 Å². The lowest BCUT2D eigenvalue weighted by Crippen LogP contribution is -1.97. The third-order valence-corrected chi connectivity index (χ3v) is 3.10. The van der Waals surface area contributed by atoms with E-state index in [4.69, 9.17) is 4.74 Å². The van der Waals surface area contributed by atoms with Gasteiger partial charge in [-0.25, -0.2) is 4.39 Å². The number of aldehydes is 1. The summed E-state index contributed by atoms with van der Waals surface area (Å²) in [7, 11) is 1.56. The van der Waals surface area contributed by atoms with Crippen LogP contribution in [-0.4, -0.2) is 19.0 Å². The van der Waals surface area contributed by atoms with Gasteiger partial charge in [0.15, 0.2) is 6.29 Å². The van der Waals surface area contributed by atoms with Crippen LogP contribution in [0.3, 0.4) is 0 Å². The zero-order valence-electron chi connectivity index (χ0n) is 12.4.